The molecule has 1 heterocycles. The summed E-state index contributed by atoms with van der Waals surface area (Å²) in [6, 6.07) is 15.2. The fourth-order valence-electron chi connectivity index (χ4n) is 2.61. The smallest absolute Gasteiger partial charge is 0.342 e. The van der Waals surface area contributed by atoms with Crippen molar-refractivity contribution in [2.75, 3.05) is 12.4 Å². The molecule has 0 saturated carbocycles. The number of carbonyl (C=O) groups excluding carboxylic acids is 1. The first-order valence-corrected chi connectivity index (χ1v) is 8.96. The van der Waals surface area contributed by atoms with Gasteiger partial charge in [-0.05, 0) is 42.0 Å². The molecule has 0 unspecified atom stereocenters. The lowest BCUT2D eigenvalue weighted by atomic mass is 10.0. The molecule has 1 atom stereocenters. The quantitative estimate of drug-likeness (QED) is 0.715. The maximum absolute atomic E-state index is 12.7. The van der Waals surface area contributed by atoms with Crippen molar-refractivity contribution in [3.8, 4) is 5.75 Å². The third kappa shape index (κ3) is 4.23. The molecule has 2 amide bonds. The van der Waals surface area contributed by atoms with Gasteiger partial charge in [0.25, 0.3) is 0 Å². The van der Waals surface area contributed by atoms with Gasteiger partial charge in [-0.15, -0.1) is 0 Å². The molecular weight excluding hydrogens is 397 g/mol. The number of rotatable bonds is 3. The van der Waals surface area contributed by atoms with Gasteiger partial charge in [-0.25, -0.2) is 9.80 Å². The third-order valence-electron chi connectivity index (χ3n) is 3.94. The van der Waals surface area contributed by atoms with E-state index >= 15 is 0 Å². The van der Waals surface area contributed by atoms with E-state index in [1.807, 2.05) is 42.5 Å². The van der Waals surface area contributed by atoms with Gasteiger partial charge in [0.15, 0.2) is 0 Å². The van der Waals surface area contributed by atoms with Gasteiger partial charge in [-0.1, -0.05) is 53.0 Å². The Balaban J connectivity index is 1.86. The topological polar surface area (TPSA) is 53.9 Å². The predicted octanol–water partition coefficient (Wildman–Crippen LogP) is 5.08. The number of hydrogen-bond donors (Lipinski definition) is 1. The molecule has 2 aromatic carbocycles. The Bertz CT molecular complexity index is 805. The van der Waals surface area contributed by atoms with Gasteiger partial charge in [0.05, 0.1) is 12.8 Å². The Morgan fingerprint density at radius 3 is 2.38 bits per heavy atom. The highest BCUT2D eigenvalue weighted by Gasteiger charge is 2.44. The lowest BCUT2D eigenvalue weighted by molar-refractivity contribution is 0.200. The van der Waals surface area contributed by atoms with Crippen LogP contribution in [0.3, 0.4) is 0 Å². The van der Waals surface area contributed by atoms with Crippen LogP contribution in [0.2, 0.25) is 0 Å². The van der Waals surface area contributed by atoms with E-state index in [0.717, 1.165) is 11.3 Å². The second-order valence-electron chi connectivity index (χ2n) is 5.68. The van der Waals surface area contributed by atoms with E-state index in [0.29, 0.717) is 17.8 Å². The first kappa shape index (κ1) is 18.8. The number of halogens is 3. The standard InChI is InChI=1S/C18H16Cl3N3O2/c1-26-14-9-7-12(8-10-14)15-11-16(18(19,20)21)24(23-15)17(25)22-13-5-3-2-4-6-13/h2-10,16H,11H2,1H3,(H,22,25)/t16-/m0/s1. The molecule has 0 radical (unpaired) electrons. The minimum atomic E-state index is -1.67. The van der Waals surface area contributed by atoms with Crippen LogP contribution < -0.4 is 10.1 Å². The highest BCUT2D eigenvalue weighted by Crippen LogP contribution is 2.39. The van der Waals surface area contributed by atoms with E-state index in [4.69, 9.17) is 39.5 Å². The summed E-state index contributed by atoms with van der Waals surface area (Å²) in [5, 5.41) is 8.36. The van der Waals surface area contributed by atoms with Crippen LogP contribution in [0.15, 0.2) is 59.7 Å². The highest BCUT2D eigenvalue weighted by molar-refractivity contribution is 6.68. The summed E-state index contributed by atoms with van der Waals surface area (Å²) in [6.07, 6.45) is 0.324. The summed E-state index contributed by atoms with van der Waals surface area (Å²) in [5.41, 5.74) is 2.13. The van der Waals surface area contributed by atoms with Crippen LogP contribution in [-0.4, -0.2) is 33.7 Å². The predicted molar refractivity (Wildman–Crippen MR) is 106 cm³/mol. The summed E-state index contributed by atoms with van der Waals surface area (Å²) in [7, 11) is 1.59. The van der Waals surface area contributed by atoms with E-state index in [9.17, 15) is 4.79 Å². The lowest BCUT2D eigenvalue weighted by Crippen LogP contribution is -2.43. The Labute approximate surface area is 166 Å². The monoisotopic (exact) mass is 411 g/mol. The molecule has 0 bridgehead atoms. The van der Waals surface area contributed by atoms with Gasteiger partial charge in [0, 0.05) is 12.1 Å². The molecule has 3 rings (SSSR count). The van der Waals surface area contributed by atoms with Crippen molar-refractivity contribution in [3.05, 3.63) is 60.2 Å². The Morgan fingerprint density at radius 2 is 1.81 bits per heavy atom. The van der Waals surface area contributed by atoms with E-state index < -0.39 is 15.9 Å². The van der Waals surface area contributed by atoms with Crippen molar-refractivity contribution in [3.63, 3.8) is 0 Å². The van der Waals surface area contributed by atoms with Crippen LogP contribution in [0.5, 0.6) is 5.75 Å². The largest absolute Gasteiger partial charge is 0.497 e. The number of methoxy groups -OCH3 is 1. The summed E-state index contributed by atoms with van der Waals surface area (Å²) in [4.78, 5) is 12.7. The Kier molecular flexibility index (Phi) is 5.61. The van der Waals surface area contributed by atoms with Crippen LogP contribution in [0.25, 0.3) is 0 Å². The minimum Gasteiger partial charge on any atom is -0.497 e. The molecule has 136 valence electrons. The number of hydrogen-bond acceptors (Lipinski definition) is 3. The van der Waals surface area contributed by atoms with Crippen LogP contribution in [0.4, 0.5) is 10.5 Å². The van der Waals surface area contributed by atoms with Crippen molar-refractivity contribution in [1.29, 1.82) is 0 Å². The van der Waals surface area contributed by atoms with Gasteiger partial charge < -0.3 is 10.1 Å². The van der Waals surface area contributed by atoms with Crippen LogP contribution in [0, 0.1) is 0 Å². The summed E-state index contributed by atoms with van der Waals surface area (Å²) >= 11 is 18.3. The lowest BCUT2D eigenvalue weighted by Gasteiger charge is -2.27. The number of para-hydroxylation sites is 1. The molecule has 1 aliphatic heterocycles. The average molecular weight is 413 g/mol. The third-order valence-corrected chi connectivity index (χ3v) is 4.70. The van der Waals surface area contributed by atoms with Crippen molar-refractivity contribution >= 4 is 52.2 Å². The fourth-order valence-corrected chi connectivity index (χ4v) is 3.12. The molecule has 8 heteroatoms. The van der Waals surface area contributed by atoms with Crippen molar-refractivity contribution < 1.29 is 9.53 Å². The van der Waals surface area contributed by atoms with E-state index in [1.165, 1.54) is 5.01 Å². The average Bonchev–Trinajstić information content (AvgIpc) is 3.09. The number of alkyl halides is 3. The number of ether oxygens (including phenoxy) is 1. The van der Waals surface area contributed by atoms with Crippen molar-refractivity contribution in [2.45, 2.75) is 16.3 Å². The Hall–Kier alpha value is -1.95. The molecule has 2 aromatic rings. The molecule has 26 heavy (non-hydrogen) atoms. The molecule has 5 nitrogen and oxygen atoms in total. The number of benzene rings is 2. The summed E-state index contributed by atoms with van der Waals surface area (Å²) in [5.74, 6) is 0.726. The normalized spacial score (nSPS) is 17.0. The minimum absolute atomic E-state index is 0.324. The first-order chi connectivity index (χ1) is 12.4. The maximum Gasteiger partial charge on any atom is 0.342 e. The van der Waals surface area contributed by atoms with Crippen LogP contribution in [-0.2, 0) is 0 Å². The molecule has 0 fully saturated rings. The molecule has 1 N–H and O–H groups in total. The van der Waals surface area contributed by atoms with Crippen molar-refractivity contribution in [1.82, 2.24) is 5.01 Å². The molecule has 0 aromatic heterocycles. The van der Waals surface area contributed by atoms with E-state index in [-0.39, 0.29) is 0 Å². The number of urea groups is 1. The van der Waals surface area contributed by atoms with Gasteiger partial charge in [0.2, 0.25) is 3.79 Å². The second kappa shape index (κ2) is 7.74. The van der Waals surface area contributed by atoms with E-state index in [2.05, 4.69) is 10.4 Å². The zero-order valence-corrected chi connectivity index (χ0v) is 16.1. The summed E-state index contributed by atoms with van der Waals surface area (Å²) < 4.78 is 3.48. The van der Waals surface area contributed by atoms with Gasteiger partial charge in [-0.2, -0.15) is 5.10 Å². The number of nitrogens with zero attached hydrogens (tertiary/aromatic N) is 2. The number of carbonyl (C=O) groups is 1. The van der Waals surface area contributed by atoms with Crippen LogP contribution >= 0.6 is 34.8 Å². The zero-order valence-electron chi connectivity index (χ0n) is 13.8. The van der Waals surface area contributed by atoms with Crippen molar-refractivity contribution in [2.24, 2.45) is 5.10 Å². The number of hydrazone groups is 1. The molecule has 0 saturated heterocycles. The Morgan fingerprint density at radius 1 is 1.15 bits per heavy atom. The SMILES string of the molecule is COc1ccc(C2=NN(C(=O)Nc3ccccc3)[C@H](C(Cl)(Cl)Cl)C2)cc1. The number of anilines is 1. The van der Waals surface area contributed by atoms with Crippen LogP contribution in [0.1, 0.15) is 12.0 Å². The number of amides is 2. The van der Waals surface area contributed by atoms with Gasteiger partial charge >= 0.3 is 6.03 Å². The molecular formula is C18H16Cl3N3O2. The molecule has 1 aliphatic rings. The fraction of sp³-hybridized carbons (Fsp3) is 0.222. The second-order valence-corrected chi connectivity index (χ2v) is 8.05. The van der Waals surface area contributed by atoms with Gasteiger partial charge in [-0.3, -0.25) is 0 Å². The maximum atomic E-state index is 12.7. The summed E-state index contributed by atoms with van der Waals surface area (Å²) in [6.45, 7) is 0. The first-order valence-electron chi connectivity index (χ1n) is 7.82. The van der Waals surface area contributed by atoms with E-state index in [1.54, 1.807) is 19.2 Å². The van der Waals surface area contributed by atoms with Gasteiger partial charge in [0.1, 0.15) is 11.8 Å². The zero-order chi connectivity index (χ0) is 18.7. The number of nitrogens with one attached hydrogen (secondary N) is 1. The highest BCUT2D eigenvalue weighted by atomic mass is 35.6. The molecule has 0 spiro atoms. The molecule has 0 aliphatic carbocycles.